The highest BCUT2D eigenvalue weighted by Gasteiger charge is 2.05. The van der Waals surface area contributed by atoms with E-state index < -0.39 is 0 Å². The molecule has 0 aliphatic rings. The molecule has 0 N–H and O–H groups in total. The minimum atomic E-state index is 0.886. The van der Waals surface area contributed by atoms with Crippen LogP contribution in [0.25, 0.3) is 0 Å². The van der Waals surface area contributed by atoms with Gasteiger partial charge < -0.3 is 0 Å². The molecular formula is C14H30. The topological polar surface area (TPSA) is 0 Å². The molecule has 0 rings (SSSR count). The zero-order valence-electron chi connectivity index (χ0n) is 11.0. The van der Waals surface area contributed by atoms with Crippen LogP contribution in [0.1, 0.15) is 73.1 Å². The summed E-state index contributed by atoms with van der Waals surface area (Å²) in [5, 5.41) is 0. The van der Waals surface area contributed by atoms with Crippen molar-refractivity contribution >= 4 is 0 Å². The molecule has 0 nitrogen and oxygen atoms in total. The zero-order chi connectivity index (χ0) is 11.0. The van der Waals surface area contributed by atoms with Crippen molar-refractivity contribution in [2.75, 3.05) is 0 Å². The monoisotopic (exact) mass is 198 g/mol. The molecule has 0 heteroatoms. The molecule has 0 saturated carbocycles. The van der Waals surface area contributed by atoms with Gasteiger partial charge in [0.15, 0.2) is 0 Å². The Morgan fingerprint density at radius 2 is 1.29 bits per heavy atom. The van der Waals surface area contributed by atoms with E-state index in [0.717, 1.165) is 17.8 Å². The lowest BCUT2D eigenvalue weighted by atomic mass is 9.92. The summed E-state index contributed by atoms with van der Waals surface area (Å²) in [7, 11) is 0. The number of hydrogen-bond donors (Lipinski definition) is 0. The Kier molecular flexibility index (Phi) is 8.32. The fraction of sp³-hybridized carbons (Fsp3) is 1.00. The Bertz CT molecular complexity index is 115. The van der Waals surface area contributed by atoms with Crippen LogP contribution < -0.4 is 0 Å². The van der Waals surface area contributed by atoms with Crippen LogP contribution in [-0.2, 0) is 0 Å². The SMILES string of the molecule is CCC(C)CCC(C)CCCC(C)C. The Hall–Kier alpha value is 0. The van der Waals surface area contributed by atoms with Gasteiger partial charge in [-0.15, -0.1) is 0 Å². The van der Waals surface area contributed by atoms with Crippen molar-refractivity contribution in [3.63, 3.8) is 0 Å². The second-order valence-electron chi connectivity index (χ2n) is 5.52. The van der Waals surface area contributed by atoms with Crippen LogP contribution in [0.3, 0.4) is 0 Å². The summed E-state index contributed by atoms with van der Waals surface area (Å²) in [6.07, 6.45) is 8.49. The normalized spacial score (nSPS) is 15.9. The third-order valence-electron chi connectivity index (χ3n) is 3.33. The first-order valence-corrected chi connectivity index (χ1v) is 6.56. The minimum absolute atomic E-state index is 0.886. The van der Waals surface area contributed by atoms with Gasteiger partial charge >= 0.3 is 0 Å². The van der Waals surface area contributed by atoms with Crippen molar-refractivity contribution in [2.45, 2.75) is 73.1 Å². The molecule has 0 aliphatic heterocycles. The van der Waals surface area contributed by atoms with Gasteiger partial charge in [0.25, 0.3) is 0 Å². The van der Waals surface area contributed by atoms with Crippen molar-refractivity contribution < 1.29 is 0 Å². The van der Waals surface area contributed by atoms with E-state index in [0.29, 0.717) is 0 Å². The molecule has 0 spiro atoms. The summed E-state index contributed by atoms with van der Waals surface area (Å²) < 4.78 is 0. The van der Waals surface area contributed by atoms with Crippen LogP contribution in [0.15, 0.2) is 0 Å². The maximum atomic E-state index is 2.42. The van der Waals surface area contributed by atoms with E-state index in [1.807, 2.05) is 0 Å². The summed E-state index contributed by atoms with van der Waals surface area (Å²) in [5.74, 6) is 2.77. The van der Waals surface area contributed by atoms with Gasteiger partial charge in [-0.3, -0.25) is 0 Å². The quantitative estimate of drug-likeness (QED) is 0.498. The van der Waals surface area contributed by atoms with Gasteiger partial charge in [-0.25, -0.2) is 0 Å². The van der Waals surface area contributed by atoms with E-state index >= 15 is 0 Å². The second-order valence-corrected chi connectivity index (χ2v) is 5.52. The standard InChI is InChI=1S/C14H30/c1-6-13(4)10-11-14(5)9-7-8-12(2)3/h12-14H,6-11H2,1-5H3. The van der Waals surface area contributed by atoms with Crippen LogP contribution in [0.4, 0.5) is 0 Å². The van der Waals surface area contributed by atoms with Crippen LogP contribution in [0.5, 0.6) is 0 Å². The number of rotatable bonds is 8. The molecule has 0 heterocycles. The third kappa shape index (κ3) is 8.59. The predicted octanol–water partition coefficient (Wildman–Crippen LogP) is 5.28. The first-order chi connectivity index (χ1) is 6.56. The van der Waals surface area contributed by atoms with Crippen LogP contribution in [0.2, 0.25) is 0 Å². The van der Waals surface area contributed by atoms with Crippen molar-refractivity contribution in [3.8, 4) is 0 Å². The van der Waals surface area contributed by atoms with Gasteiger partial charge in [-0.2, -0.15) is 0 Å². The number of hydrogen-bond acceptors (Lipinski definition) is 0. The van der Waals surface area contributed by atoms with Gasteiger partial charge in [0.2, 0.25) is 0 Å². The molecule has 0 aromatic carbocycles. The molecule has 0 aromatic rings. The molecule has 14 heavy (non-hydrogen) atoms. The van der Waals surface area contributed by atoms with Gasteiger partial charge in [0, 0.05) is 0 Å². The average molecular weight is 198 g/mol. The highest BCUT2D eigenvalue weighted by Crippen LogP contribution is 2.20. The fourth-order valence-electron chi connectivity index (χ4n) is 1.79. The molecule has 0 amide bonds. The molecule has 0 aliphatic carbocycles. The van der Waals surface area contributed by atoms with Gasteiger partial charge in [0.05, 0.1) is 0 Å². The fourth-order valence-corrected chi connectivity index (χ4v) is 1.79. The molecule has 0 radical (unpaired) electrons. The van der Waals surface area contributed by atoms with E-state index in [1.54, 1.807) is 0 Å². The molecule has 2 unspecified atom stereocenters. The largest absolute Gasteiger partial charge is 0.0651 e. The third-order valence-corrected chi connectivity index (χ3v) is 3.33. The summed E-state index contributed by atoms with van der Waals surface area (Å²) in [4.78, 5) is 0. The van der Waals surface area contributed by atoms with Gasteiger partial charge in [-0.1, -0.05) is 73.1 Å². The maximum absolute atomic E-state index is 2.42. The average Bonchev–Trinajstić information content (AvgIpc) is 2.13. The Labute approximate surface area is 91.5 Å². The second kappa shape index (κ2) is 8.32. The van der Waals surface area contributed by atoms with Gasteiger partial charge in [-0.05, 0) is 17.8 Å². The van der Waals surface area contributed by atoms with E-state index in [4.69, 9.17) is 0 Å². The van der Waals surface area contributed by atoms with Crippen LogP contribution in [-0.4, -0.2) is 0 Å². The Morgan fingerprint density at radius 1 is 0.714 bits per heavy atom. The van der Waals surface area contributed by atoms with E-state index in [1.165, 1.54) is 38.5 Å². The van der Waals surface area contributed by atoms with E-state index in [2.05, 4.69) is 34.6 Å². The maximum Gasteiger partial charge on any atom is -0.0443 e. The summed E-state index contributed by atoms with van der Waals surface area (Å²) in [6, 6.07) is 0. The van der Waals surface area contributed by atoms with Crippen molar-refractivity contribution in [1.82, 2.24) is 0 Å². The minimum Gasteiger partial charge on any atom is -0.0651 e. The molecule has 2 atom stereocenters. The van der Waals surface area contributed by atoms with Crippen LogP contribution in [0, 0.1) is 17.8 Å². The van der Waals surface area contributed by atoms with Crippen LogP contribution >= 0.6 is 0 Å². The Morgan fingerprint density at radius 3 is 1.79 bits per heavy atom. The molecule has 86 valence electrons. The molecular weight excluding hydrogens is 168 g/mol. The molecule has 0 fully saturated rings. The highest BCUT2D eigenvalue weighted by atomic mass is 14.1. The molecule has 0 saturated heterocycles. The van der Waals surface area contributed by atoms with Crippen molar-refractivity contribution in [1.29, 1.82) is 0 Å². The lowest BCUT2D eigenvalue weighted by molar-refractivity contribution is 0.385. The summed E-state index contributed by atoms with van der Waals surface area (Å²) >= 11 is 0. The first kappa shape index (κ1) is 14.0. The lowest BCUT2D eigenvalue weighted by Gasteiger charge is -2.14. The predicted molar refractivity (Wildman–Crippen MR) is 66.5 cm³/mol. The van der Waals surface area contributed by atoms with E-state index in [-0.39, 0.29) is 0 Å². The first-order valence-electron chi connectivity index (χ1n) is 6.56. The lowest BCUT2D eigenvalue weighted by Crippen LogP contribution is -2.00. The van der Waals surface area contributed by atoms with Crippen molar-refractivity contribution in [2.24, 2.45) is 17.8 Å². The smallest absolute Gasteiger partial charge is 0.0443 e. The van der Waals surface area contributed by atoms with Gasteiger partial charge in [0.1, 0.15) is 0 Å². The summed E-state index contributed by atoms with van der Waals surface area (Å²) in [6.45, 7) is 11.7. The van der Waals surface area contributed by atoms with E-state index in [9.17, 15) is 0 Å². The highest BCUT2D eigenvalue weighted by molar-refractivity contribution is 4.58. The Balaban J connectivity index is 3.32. The zero-order valence-corrected chi connectivity index (χ0v) is 11.0. The van der Waals surface area contributed by atoms with Crippen molar-refractivity contribution in [3.05, 3.63) is 0 Å². The summed E-state index contributed by atoms with van der Waals surface area (Å²) in [5.41, 5.74) is 0. The molecule has 0 aromatic heterocycles. The molecule has 0 bridgehead atoms.